The summed E-state index contributed by atoms with van der Waals surface area (Å²) < 4.78 is 6.97. The molecule has 2 aromatic heterocycles. The largest absolute Gasteiger partial charge is 0.396 e. The van der Waals surface area contributed by atoms with E-state index in [9.17, 15) is 4.79 Å². The van der Waals surface area contributed by atoms with Gasteiger partial charge in [0.15, 0.2) is 0 Å². The summed E-state index contributed by atoms with van der Waals surface area (Å²) in [6.45, 7) is 2.50. The lowest BCUT2D eigenvalue weighted by molar-refractivity contribution is 0.0303. The zero-order chi connectivity index (χ0) is 21.2. The molecule has 0 aliphatic carbocycles. The zero-order valence-electron chi connectivity index (χ0n) is 16.9. The third-order valence-electron chi connectivity index (χ3n) is 5.44. The van der Waals surface area contributed by atoms with Crippen LogP contribution in [-0.4, -0.2) is 74.0 Å². The Morgan fingerprint density at radius 2 is 1.94 bits per heavy atom. The number of ether oxygens (including phenoxy) is 1. The molecule has 2 aromatic carbocycles. The Kier molecular flexibility index (Phi) is 5.19. The molecule has 3 heterocycles. The van der Waals surface area contributed by atoms with Crippen LogP contribution in [0, 0.1) is 0 Å². The summed E-state index contributed by atoms with van der Waals surface area (Å²) in [7, 11) is 0. The van der Waals surface area contributed by atoms with Gasteiger partial charge in [0.25, 0.3) is 5.91 Å². The standard InChI is InChI=1S/C22H22N6O3/c29-10-7-15-1-6-18-19(13-15)23-25-21(18)20-14-28(26-24-20)17-4-2-16(3-5-17)22(30)27-8-11-31-12-9-27/h1-6,13-14,29H,7-12H2,(H,23,25). The fourth-order valence-corrected chi connectivity index (χ4v) is 3.75. The number of aromatic nitrogens is 5. The molecule has 0 radical (unpaired) electrons. The Morgan fingerprint density at radius 3 is 2.71 bits per heavy atom. The van der Waals surface area contributed by atoms with Gasteiger partial charge in [0.05, 0.1) is 30.6 Å². The smallest absolute Gasteiger partial charge is 0.254 e. The second-order valence-electron chi connectivity index (χ2n) is 7.43. The van der Waals surface area contributed by atoms with Gasteiger partial charge in [0, 0.05) is 30.6 Å². The van der Waals surface area contributed by atoms with Crippen LogP contribution in [0.2, 0.25) is 0 Å². The summed E-state index contributed by atoms with van der Waals surface area (Å²) in [6, 6.07) is 13.3. The van der Waals surface area contributed by atoms with Crippen molar-refractivity contribution in [3.8, 4) is 17.1 Å². The third-order valence-corrected chi connectivity index (χ3v) is 5.44. The van der Waals surface area contributed by atoms with Gasteiger partial charge in [-0.25, -0.2) is 4.68 Å². The van der Waals surface area contributed by atoms with Gasteiger partial charge in [0.2, 0.25) is 0 Å². The number of fused-ring (bicyclic) bond motifs is 1. The number of carbonyl (C=O) groups excluding carboxylic acids is 1. The molecule has 1 aliphatic heterocycles. The summed E-state index contributed by atoms with van der Waals surface area (Å²) in [5.41, 5.74) is 4.75. The molecular weight excluding hydrogens is 396 g/mol. The van der Waals surface area contributed by atoms with Gasteiger partial charge in [-0.15, -0.1) is 5.10 Å². The van der Waals surface area contributed by atoms with Crippen molar-refractivity contribution >= 4 is 16.8 Å². The van der Waals surface area contributed by atoms with Crippen LogP contribution in [-0.2, 0) is 11.2 Å². The predicted octanol–water partition coefficient (Wildman–Crippen LogP) is 1.82. The molecule has 1 aliphatic rings. The molecule has 1 fully saturated rings. The molecule has 0 unspecified atom stereocenters. The first-order chi connectivity index (χ1) is 15.2. The van der Waals surface area contributed by atoms with E-state index < -0.39 is 0 Å². The molecule has 2 N–H and O–H groups in total. The molecule has 1 amide bonds. The topological polar surface area (TPSA) is 109 Å². The highest BCUT2D eigenvalue weighted by molar-refractivity contribution is 5.94. The number of morpholine rings is 1. The van der Waals surface area contributed by atoms with E-state index in [-0.39, 0.29) is 12.5 Å². The maximum absolute atomic E-state index is 12.6. The first-order valence-corrected chi connectivity index (χ1v) is 10.2. The fraction of sp³-hybridized carbons (Fsp3) is 0.273. The summed E-state index contributed by atoms with van der Waals surface area (Å²) >= 11 is 0. The molecule has 158 valence electrons. The summed E-state index contributed by atoms with van der Waals surface area (Å²) in [6.07, 6.45) is 2.42. The van der Waals surface area contributed by atoms with Crippen molar-refractivity contribution in [1.29, 1.82) is 0 Å². The van der Waals surface area contributed by atoms with E-state index in [0.29, 0.717) is 44.0 Å². The number of aliphatic hydroxyl groups is 1. The Hall–Kier alpha value is -3.56. The van der Waals surface area contributed by atoms with E-state index in [0.717, 1.165) is 27.8 Å². The lowest BCUT2D eigenvalue weighted by atomic mass is 10.1. The minimum atomic E-state index is 0.0117. The molecule has 9 heteroatoms. The van der Waals surface area contributed by atoms with Crippen molar-refractivity contribution < 1.29 is 14.6 Å². The highest BCUT2D eigenvalue weighted by Gasteiger charge is 2.19. The molecule has 0 atom stereocenters. The maximum Gasteiger partial charge on any atom is 0.254 e. The Labute approximate surface area is 178 Å². The van der Waals surface area contributed by atoms with Crippen LogP contribution < -0.4 is 0 Å². The lowest BCUT2D eigenvalue weighted by Crippen LogP contribution is -2.40. The van der Waals surface area contributed by atoms with Gasteiger partial charge >= 0.3 is 0 Å². The van der Waals surface area contributed by atoms with E-state index in [4.69, 9.17) is 9.84 Å². The minimum absolute atomic E-state index is 0.0117. The molecule has 4 aromatic rings. The van der Waals surface area contributed by atoms with Crippen LogP contribution in [0.3, 0.4) is 0 Å². The number of benzene rings is 2. The first-order valence-electron chi connectivity index (χ1n) is 10.2. The third kappa shape index (κ3) is 3.80. The Morgan fingerprint density at radius 1 is 1.13 bits per heavy atom. The van der Waals surface area contributed by atoms with Crippen LogP contribution in [0.15, 0.2) is 48.7 Å². The van der Waals surface area contributed by atoms with Crippen LogP contribution in [0.25, 0.3) is 28.0 Å². The highest BCUT2D eigenvalue weighted by atomic mass is 16.5. The van der Waals surface area contributed by atoms with Crippen molar-refractivity contribution in [2.75, 3.05) is 32.9 Å². The lowest BCUT2D eigenvalue weighted by Gasteiger charge is -2.26. The van der Waals surface area contributed by atoms with E-state index in [1.807, 2.05) is 36.5 Å². The Bertz CT molecular complexity index is 1210. The fourth-order valence-electron chi connectivity index (χ4n) is 3.75. The number of hydrogen-bond acceptors (Lipinski definition) is 6. The number of aliphatic hydroxyl groups excluding tert-OH is 1. The summed E-state index contributed by atoms with van der Waals surface area (Å²) in [5.74, 6) is 0.0117. The van der Waals surface area contributed by atoms with Gasteiger partial charge < -0.3 is 14.7 Å². The van der Waals surface area contributed by atoms with Gasteiger partial charge in [-0.2, -0.15) is 5.10 Å². The molecule has 0 saturated carbocycles. The highest BCUT2D eigenvalue weighted by Crippen LogP contribution is 2.26. The number of carbonyl (C=O) groups is 1. The van der Waals surface area contributed by atoms with E-state index in [2.05, 4.69) is 20.5 Å². The number of rotatable bonds is 5. The molecule has 5 rings (SSSR count). The van der Waals surface area contributed by atoms with E-state index >= 15 is 0 Å². The molecule has 31 heavy (non-hydrogen) atoms. The number of nitrogens with zero attached hydrogens (tertiary/aromatic N) is 5. The van der Waals surface area contributed by atoms with E-state index in [1.165, 1.54) is 0 Å². The molecule has 0 spiro atoms. The number of aromatic amines is 1. The summed E-state index contributed by atoms with van der Waals surface area (Å²) in [4.78, 5) is 14.4. The number of nitrogens with one attached hydrogen (secondary N) is 1. The van der Waals surface area contributed by atoms with Gasteiger partial charge in [-0.1, -0.05) is 17.3 Å². The van der Waals surface area contributed by atoms with Gasteiger partial charge in [0.1, 0.15) is 11.4 Å². The van der Waals surface area contributed by atoms with Crippen LogP contribution >= 0.6 is 0 Å². The number of H-pyrrole nitrogens is 1. The van der Waals surface area contributed by atoms with Crippen LogP contribution in [0.5, 0.6) is 0 Å². The quantitative estimate of drug-likeness (QED) is 0.512. The normalized spacial score (nSPS) is 14.3. The average Bonchev–Trinajstić information content (AvgIpc) is 3.46. The van der Waals surface area contributed by atoms with Crippen molar-refractivity contribution in [3.05, 3.63) is 59.8 Å². The number of amides is 1. The first kappa shape index (κ1) is 19.4. The maximum atomic E-state index is 12.6. The Balaban J connectivity index is 1.37. The zero-order valence-corrected chi connectivity index (χ0v) is 16.9. The van der Waals surface area contributed by atoms with Gasteiger partial charge in [-0.3, -0.25) is 9.89 Å². The van der Waals surface area contributed by atoms with Crippen LogP contribution in [0.1, 0.15) is 15.9 Å². The predicted molar refractivity (Wildman–Crippen MR) is 114 cm³/mol. The van der Waals surface area contributed by atoms with Gasteiger partial charge in [-0.05, 0) is 42.3 Å². The summed E-state index contributed by atoms with van der Waals surface area (Å²) in [5, 5.41) is 26.0. The molecule has 1 saturated heterocycles. The average molecular weight is 418 g/mol. The second-order valence-corrected chi connectivity index (χ2v) is 7.43. The van der Waals surface area contributed by atoms with Crippen molar-refractivity contribution in [2.45, 2.75) is 6.42 Å². The van der Waals surface area contributed by atoms with Crippen molar-refractivity contribution in [2.24, 2.45) is 0 Å². The number of hydrogen-bond donors (Lipinski definition) is 2. The van der Waals surface area contributed by atoms with Crippen molar-refractivity contribution in [3.63, 3.8) is 0 Å². The SMILES string of the molecule is O=C(c1ccc(-n2cc(-c3n[nH]c4cc(CCO)ccc34)nn2)cc1)N1CCOCC1. The molecule has 0 bridgehead atoms. The molecular formula is C22H22N6O3. The second kappa shape index (κ2) is 8.29. The monoisotopic (exact) mass is 418 g/mol. The van der Waals surface area contributed by atoms with E-state index in [1.54, 1.807) is 21.7 Å². The van der Waals surface area contributed by atoms with Crippen LogP contribution in [0.4, 0.5) is 0 Å². The molecule has 9 nitrogen and oxygen atoms in total. The van der Waals surface area contributed by atoms with Crippen molar-refractivity contribution in [1.82, 2.24) is 30.1 Å². The minimum Gasteiger partial charge on any atom is -0.396 e.